The van der Waals surface area contributed by atoms with Crippen LogP contribution in [-0.2, 0) is 11.3 Å². The summed E-state index contributed by atoms with van der Waals surface area (Å²) in [5, 5.41) is 6.02. The second-order valence-corrected chi connectivity index (χ2v) is 6.61. The molecule has 0 radical (unpaired) electrons. The summed E-state index contributed by atoms with van der Waals surface area (Å²) < 4.78 is 0. The number of anilines is 2. The fourth-order valence-electron chi connectivity index (χ4n) is 2.54. The lowest BCUT2D eigenvalue weighted by Crippen LogP contribution is -2.22. The van der Waals surface area contributed by atoms with Gasteiger partial charge < -0.3 is 16.4 Å². The molecule has 0 heterocycles. The van der Waals surface area contributed by atoms with Gasteiger partial charge in [0.05, 0.1) is 6.54 Å². The summed E-state index contributed by atoms with van der Waals surface area (Å²) in [6.45, 7) is 6.74. The van der Waals surface area contributed by atoms with Gasteiger partial charge in [0.1, 0.15) is 0 Å². The minimum atomic E-state index is 0.0272. The maximum absolute atomic E-state index is 11.7. The Morgan fingerprint density at radius 3 is 2.46 bits per heavy atom. The van der Waals surface area contributed by atoms with E-state index in [-0.39, 0.29) is 5.91 Å². The van der Waals surface area contributed by atoms with E-state index < -0.39 is 0 Å². The highest BCUT2D eigenvalue weighted by Gasteiger charge is 2.03. The van der Waals surface area contributed by atoms with Gasteiger partial charge in [0, 0.05) is 17.8 Å². The molecular weight excluding hydrogens is 324 g/mol. The van der Waals surface area contributed by atoms with Crippen LogP contribution >= 0.6 is 0 Å². The zero-order chi connectivity index (χ0) is 18.9. The molecule has 0 unspecified atom stereocenters. The number of carbonyl (C=O) groups excluding carboxylic acids is 1. The number of guanidine groups is 1. The predicted octanol–water partition coefficient (Wildman–Crippen LogP) is 4.48. The molecule has 0 aliphatic carbocycles. The number of hydrogen-bond donors (Lipinski definition) is 3. The molecule has 1 amide bonds. The SMILES string of the molecule is CCCC(=O)Nc1cccc(CN=C(N)Nc2cccc(C(C)C)c2)c1. The summed E-state index contributed by atoms with van der Waals surface area (Å²) in [5.74, 6) is 0.853. The zero-order valence-electron chi connectivity index (χ0n) is 15.8. The van der Waals surface area contributed by atoms with E-state index in [0.29, 0.717) is 24.8 Å². The third-order valence-electron chi connectivity index (χ3n) is 3.95. The molecule has 26 heavy (non-hydrogen) atoms. The zero-order valence-corrected chi connectivity index (χ0v) is 15.8. The normalized spacial score (nSPS) is 11.5. The number of aliphatic imine (C=N–C) groups is 1. The lowest BCUT2D eigenvalue weighted by Gasteiger charge is -2.10. The van der Waals surface area contributed by atoms with Crippen molar-refractivity contribution in [3.8, 4) is 0 Å². The second kappa shape index (κ2) is 9.61. The van der Waals surface area contributed by atoms with E-state index >= 15 is 0 Å². The van der Waals surface area contributed by atoms with Crippen LogP contribution < -0.4 is 16.4 Å². The predicted molar refractivity (Wildman–Crippen MR) is 109 cm³/mol. The van der Waals surface area contributed by atoms with Crippen LogP contribution in [0.4, 0.5) is 11.4 Å². The molecule has 0 saturated carbocycles. The maximum atomic E-state index is 11.7. The monoisotopic (exact) mass is 352 g/mol. The van der Waals surface area contributed by atoms with Gasteiger partial charge in [-0.15, -0.1) is 0 Å². The van der Waals surface area contributed by atoms with Crippen molar-refractivity contribution in [2.45, 2.75) is 46.1 Å². The molecule has 2 aromatic carbocycles. The summed E-state index contributed by atoms with van der Waals surface area (Å²) >= 11 is 0. The molecule has 0 saturated heterocycles. The van der Waals surface area contributed by atoms with E-state index in [1.54, 1.807) is 0 Å². The number of hydrogen-bond acceptors (Lipinski definition) is 2. The number of amides is 1. The average molecular weight is 352 g/mol. The van der Waals surface area contributed by atoms with Gasteiger partial charge in [-0.2, -0.15) is 0 Å². The van der Waals surface area contributed by atoms with Crippen LogP contribution in [0.5, 0.6) is 0 Å². The van der Waals surface area contributed by atoms with Crippen molar-refractivity contribution >= 4 is 23.2 Å². The summed E-state index contributed by atoms with van der Waals surface area (Å²) in [6.07, 6.45) is 1.35. The van der Waals surface area contributed by atoms with Gasteiger partial charge in [-0.25, -0.2) is 4.99 Å². The Bertz CT molecular complexity index is 768. The lowest BCUT2D eigenvalue weighted by atomic mass is 10.0. The Kier molecular flexibility index (Phi) is 7.21. The number of rotatable bonds is 7. The van der Waals surface area contributed by atoms with Gasteiger partial charge in [-0.1, -0.05) is 45.0 Å². The van der Waals surface area contributed by atoms with Crippen molar-refractivity contribution in [3.05, 3.63) is 59.7 Å². The molecule has 0 atom stereocenters. The largest absolute Gasteiger partial charge is 0.370 e. The van der Waals surface area contributed by atoms with Gasteiger partial charge in [0.2, 0.25) is 5.91 Å². The van der Waals surface area contributed by atoms with Crippen molar-refractivity contribution in [1.29, 1.82) is 0 Å². The fourth-order valence-corrected chi connectivity index (χ4v) is 2.54. The minimum absolute atomic E-state index is 0.0272. The first kappa shape index (κ1) is 19.5. The van der Waals surface area contributed by atoms with E-state index in [2.05, 4.69) is 41.6 Å². The Labute approximate surface area is 155 Å². The summed E-state index contributed by atoms with van der Waals surface area (Å²) in [5.41, 5.74) is 9.96. The molecule has 0 fully saturated rings. The number of nitrogens with one attached hydrogen (secondary N) is 2. The number of nitrogens with two attached hydrogens (primary N) is 1. The second-order valence-electron chi connectivity index (χ2n) is 6.61. The van der Waals surface area contributed by atoms with Gasteiger partial charge in [0.25, 0.3) is 0 Å². The first-order valence-electron chi connectivity index (χ1n) is 9.03. The van der Waals surface area contributed by atoms with Crippen molar-refractivity contribution in [1.82, 2.24) is 0 Å². The first-order valence-corrected chi connectivity index (χ1v) is 9.03. The van der Waals surface area contributed by atoms with Crippen LogP contribution in [0, 0.1) is 0 Å². The molecule has 2 aromatic rings. The van der Waals surface area contributed by atoms with E-state index in [1.807, 2.05) is 43.3 Å². The molecule has 4 N–H and O–H groups in total. The molecule has 0 aliphatic heterocycles. The minimum Gasteiger partial charge on any atom is -0.370 e. The van der Waals surface area contributed by atoms with E-state index in [9.17, 15) is 4.79 Å². The Hall–Kier alpha value is -2.82. The van der Waals surface area contributed by atoms with Crippen LogP contribution in [0.25, 0.3) is 0 Å². The van der Waals surface area contributed by atoms with Gasteiger partial charge in [-0.05, 0) is 47.7 Å². The van der Waals surface area contributed by atoms with Crippen LogP contribution in [0.15, 0.2) is 53.5 Å². The lowest BCUT2D eigenvalue weighted by molar-refractivity contribution is -0.116. The van der Waals surface area contributed by atoms with Gasteiger partial charge in [0.15, 0.2) is 5.96 Å². The highest BCUT2D eigenvalue weighted by Crippen LogP contribution is 2.18. The molecular formula is C21H28N4O. The standard InChI is InChI=1S/C21H28N4O/c1-4-7-20(26)24-18-10-5-8-16(12-18)14-23-21(22)25-19-11-6-9-17(13-19)15(2)3/h5-6,8-13,15H,4,7,14H2,1-3H3,(H,24,26)(H3,22,23,25). The van der Waals surface area contributed by atoms with Gasteiger partial charge in [-0.3, -0.25) is 4.79 Å². The molecule has 2 rings (SSSR count). The van der Waals surface area contributed by atoms with E-state index in [4.69, 9.17) is 5.73 Å². The van der Waals surface area contributed by atoms with Gasteiger partial charge >= 0.3 is 0 Å². The summed E-state index contributed by atoms with van der Waals surface area (Å²) in [4.78, 5) is 16.1. The smallest absolute Gasteiger partial charge is 0.224 e. The highest BCUT2D eigenvalue weighted by molar-refractivity contribution is 5.92. The van der Waals surface area contributed by atoms with Crippen molar-refractivity contribution in [3.63, 3.8) is 0 Å². The molecule has 0 bridgehead atoms. The van der Waals surface area contributed by atoms with Crippen LogP contribution in [0.1, 0.15) is 50.7 Å². The van der Waals surface area contributed by atoms with Crippen molar-refractivity contribution in [2.24, 2.45) is 10.7 Å². The number of carbonyl (C=O) groups is 1. The van der Waals surface area contributed by atoms with E-state index in [1.165, 1.54) is 5.56 Å². The van der Waals surface area contributed by atoms with Crippen LogP contribution in [-0.4, -0.2) is 11.9 Å². The average Bonchev–Trinajstić information content (AvgIpc) is 2.61. The topological polar surface area (TPSA) is 79.5 Å². The Morgan fingerprint density at radius 1 is 1.08 bits per heavy atom. The van der Waals surface area contributed by atoms with Crippen molar-refractivity contribution in [2.75, 3.05) is 10.6 Å². The van der Waals surface area contributed by atoms with Crippen LogP contribution in [0.3, 0.4) is 0 Å². The third-order valence-corrected chi connectivity index (χ3v) is 3.95. The number of benzene rings is 2. The molecule has 5 heteroatoms. The molecule has 0 aliphatic rings. The van der Waals surface area contributed by atoms with Crippen LogP contribution in [0.2, 0.25) is 0 Å². The third kappa shape index (κ3) is 6.24. The highest BCUT2D eigenvalue weighted by atomic mass is 16.1. The Morgan fingerprint density at radius 2 is 1.77 bits per heavy atom. The summed E-state index contributed by atoms with van der Waals surface area (Å²) in [7, 11) is 0. The molecule has 0 aromatic heterocycles. The fraction of sp³-hybridized carbons (Fsp3) is 0.333. The van der Waals surface area contributed by atoms with Crippen molar-refractivity contribution < 1.29 is 4.79 Å². The quantitative estimate of drug-likeness (QED) is 0.508. The maximum Gasteiger partial charge on any atom is 0.224 e. The molecule has 0 spiro atoms. The number of nitrogens with zero attached hydrogens (tertiary/aromatic N) is 1. The Balaban J connectivity index is 1.98. The molecule has 138 valence electrons. The van der Waals surface area contributed by atoms with E-state index in [0.717, 1.165) is 23.4 Å². The molecule has 5 nitrogen and oxygen atoms in total. The first-order chi connectivity index (χ1) is 12.5. The summed E-state index contributed by atoms with van der Waals surface area (Å²) in [6, 6.07) is 15.8.